The second-order valence-corrected chi connectivity index (χ2v) is 8.08. The standard InChI is InChI=1S/C10H15ClN2O2S2/c1-7-4-3-5-8(2)13(7)17(14,15)9-6-12-10(11)16-9/h6-8H,3-5H2,1-2H3. The Morgan fingerprint density at radius 3 is 2.47 bits per heavy atom. The van der Waals surface area contributed by atoms with E-state index in [9.17, 15) is 8.42 Å². The molecule has 0 radical (unpaired) electrons. The molecule has 4 nitrogen and oxygen atoms in total. The minimum Gasteiger partial charge on any atom is -0.232 e. The van der Waals surface area contributed by atoms with E-state index in [1.54, 1.807) is 4.31 Å². The number of thiazole rings is 1. The third kappa shape index (κ3) is 2.50. The fourth-order valence-electron chi connectivity index (χ4n) is 2.33. The average molecular weight is 295 g/mol. The van der Waals surface area contributed by atoms with Crippen LogP contribution in [0.1, 0.15) is 33.1 Å². The number of aromatic nitrogens is 1. The summed E-state index contributed by atoms with van der Waals surface area (Å²) in [5.74, 6) is 0. The van der Waals surface area contributed by atoms with Crippen molar-refractivity contribution in [1.29, 1.82) is 0 Å². The summed E-state index contributed by atoms with van der Waals surface area (Å²) in [7, 11) is -3.43. The molecule has 1 aliphatic rings. The Kier molecular flexibility index (Phi) is 3.77. The van der Waals surface area contributed by atoms with Gasteiger partial charge in [0.25, 0.3) is 10.0 Å². The van der Waals surface area contributed by atoms with Crippen molar-refractivity contribution in [2.24, 2.45) is 0 Å². The molecule has 2 atom stereocenters. The summed E-state index contributed by atoms with van der Waals surface area (Å²) in [6, 6.07) is 0.0919. The van der Waals surface area contributed by atoms with Crippen molar-refractivity contribution >= 4 is 33.0 Å². The van der Waals surface area contributed by atoms with E-state index in [4.69, 9.17) is 11.6 Å². The highest BCUT2D eigenvalue weighted by atomic mass is 35.5. The molecule has 17 heavy (non-hydrogen) atoms. The van der Waals surface area contributed by atoms with Gasteiger partial charge in [0.05, 0.1) is 6.20 Å². The van der Waals surface area contributed by atoms with Crippen molar-refractivity contribution in [3.05, 3.63) is 10.7 Å². The van der Waals surface area contributed by atoms with Gasteiger partial charge < -0.3 is 0 Å². The minimum atomic E-state index is -3.43. The summed E-state index contributed by atoms with van der Waals surface area (Å²) in [4.78, 5) is 3.81. The largest absolute Gasteiger partial charge is 0.254 e. The highest BCUT2D eigenvalue weighted by Gasteiger charge is 2.36. The lowest BCUT2D eigenvalue weighted by Gasteiger charge is -2.37. The molecular formula is C10H15ClN2O2S2. The predicted octanol–water partition coefficient (Wildman–Crippen LogP) is 2.75. The molecule has 0 bridgehead atoms. The van der Waals surface area contributed by atoms with Crippen molar-refractivity contribution in [3.63, 3.8) is 0 Å². The summed E-state index contributed by atoms with van der Waals surface area (Å²) < 4.78 is 27.0. The fourth-order valence-corrected chi connectivity index (χ4v) is 5.61. The first-order valence-corrected chi connectivity index (χ1v) is 8.21. The zero-order valence-electron chi connectivity index (χ0n) is 9.76. The molecule has 0 aliphatic carbocycles. The van der Waals surface area contributed by atoms with Crippen LogP contribution in [0.15, 0.2) is 10.4 Å². The van der Waals surface area contributed by atoms with Gasteiger partial charge in [-0.1, -0.05) is 29.4 Å². The zero-order chi connectivity index (χ0) is 12.6. The molecule has 1 aromatic heterocycles. The van der Waals surface area contributed by atoms with E-state index in [1.165, 1.54) is 6.20 Å². The lowest BCUT2D eigenvalue weighted by atomic mass is 10.0. The Morgan fingerprint density at radius 1 is 1.41 bits per heavy atom. The van der Waals surface area contributed by atoms with Crippen LogP contribution in [0.2, 0.25) is 4.47 Å². The van der Waals surface area contributed by atoms with Crippen LogP contribution in [0.3, 0.4) is 0 Å². The molecule has 2 unspecified atom stereocenters. The first-order valence-electron chi connectivity index (χ1n) is 5.58. The van der Waals surface area contributed by atoms with Crippen molar-refractivity contribution < 1.29 is 8.42 Å². The lowest BCUT2D eigenvalue weighted by Crippen LogP contribution is -2.47. The van der Waals surface area contributed by atoms with Crippen LogP contribution in [0.25, 0.3) is 0 Å². The van der Waals surface area contributed by atoms with Crippen molar-refractivity contribution in [3.8, 4) is 0 Å². The number of hydrogen-bond acceptors (Lipinski definition) is 4. The fraction of sp³-hybridized carbons (Fsp3) is 0.700. The third-order valence-electron chi connectivity index (χ3n) is 3.10. The van der Waals surface area contributed by atoms with E-state index >= 15 is 0 Å². The third-order valence-corrected chi connectivity index (χ3v) is 6.78. The van der Waals surface area contributed by atoms with Crippen molar-refractivity contribution in [2.45, 2.75) is 49.4 Å². The van der Waals surface area contributed by atoms with E-state index in [1.807, 2.05) is 13.8 Å². The van der Waals surface area contributed by atoms with Crippen LogP contribution in [-0.2, 0) is 10.0 Å². The van der Waals surface area contributed by atoms with Crippen LogP contribution in [0.5, 0.6) is 0 Å². The van der Waals surface area contributed by atoms with Gasteiger partial charge in [0.2, 0.25) is 0 Å². The van der Waals surface area contributed by atoms with Crippen LogP contribution in [0, 0.1) is 0 Å². The Bertz CT molecular complexity index is 490. The summed E-state index contributed by atoms with van der Waals surface area (Å²) in [6.07, 6.45) is 4.25. The van der Waals surface area contributed by atoms with Crippen LogP contribution >= 0.6 is 22.9 Å². The molecule has 2 heterocycles. The van der Waals surface area contributed by atoms with E-state index in [0.717, 1.165) is 30.6 Å². The topological polar surface area (TPSA) is 50.3 Å². The van der Waals surface area contributed by atoms with E-state index in [2.05, 4.69) is 4.98 Å². The molecular weight excluding hydrogens is 280 g/mol. The maximum Gasteiger partial charge on any atom is 0.254 e. The first kappa shape index (κ1) is 13.3. The van der Waals surface area contributed by atoms with Gasteiger partial charge >= 0.3 is 0 Å². The number of hydrogen-bond donors (Lipinski definition) is 0. The number of piperidine rings is 1. The number of halogens is 1. The highest BCUT2D eigenvalue weighted by molar-refractivity contribution is 7.91. The molecule has 0 N–H and O–H groups in total. The molecule has 1 saturated heterocycles. The Labute approximate surface area is 111 Å². The molecule has 1 fully saturated rings. The predicted molar refractivity (Wildman–Crippen MR) is 68.9 cm³/mol. The number of sulfonamides is 1. The molecule has 1 aliphatic heterocycles. The van der Waals surface area contributed by atoms with Crippen molar-refractivity contribution in [2.75, 3.05) is 0 Å². The molecule has 0 amide bonds. The second kappa shape index (κ2) is 4.84. The van der Waals surface area contributed by atoms with Gasteiger partial charge in [-0.15, -0.1) is 0 Å². The monoisotopic (exact) mass is 294 g/mol. The maximum atomic E-state index is 12.5. The van der Waals surface area contributed by atoms with Crippen LogP contribution in [0.4, 0.5) is 0 Å². The molecule has 0 saturated carbocycles. The van der Waals surface area contributed by atoms with Gasteiger partial charge in [0.1, 0.15) is 0 Å². The zero-order valence-corrected chi connectivity index (χ0v) is 12.1. The smallest absolute Gasteiger partial charge is 0.232 e. The SMILES string of the molecule is CC1CCCC(C)N1S(=O)(=O)c1cnc(Cl)s1. The molecule has 0 aromatic carbocycles. The summed E-state index contributed by atoms with van der Waals surface area (Å²) in [5.41, 5.74) is 0. The average Bonchev–Trinajstić information content (AvgIpc) is 2.64. The van der Waals surface area contributed by atoms with Gasteiger partial charge in [-0.25, -0.2) is 13.4 Å². The lowest BCUT2D eigenvalue weighted by molar-refractivity contribution is 0.204. The number of nitrogens with zero attached hydrogens (tertiary/aromatic N) is 2. The summed E-state index contributed by atoms with van der Waals surface area (Å²) in [5, 5.41) is 0. The van der Waals surface area contributed by atoms with E-state index in [-0.39, 0.29) is 20.8 Å². The summed E-state index contributed by atoms with van der Waals surface area (Å²) in [6.45, 7) is 3.91. The molecule has 0 spiro atoms. The van der Waals surface area contributed by atoms with Gasteiger partial charge in [-0.2, -0.15) is 4.31 Å². The first-order chi connectivity index (χ1) is 7.93. The molecule has 1 aromatic rings. The van der Waals surface area contributed by atoms with E-state index < -0.39 is 10.0 Å². The second-order valence-electron chi connectivity index (χ2n) is 4.40. The van der Waals surface area contributed by atoms with Crippen LogP contribution < -0.4 is 0 Å². The van der Waals surface area contributed by atoms with Gasteiger partial charge in [0.15, 0.2) is 8.68 Å². The summed E-state index contributed by atoms with van der Waals surface area (Å²) >= 11 is 6.72. The normalized spacial score (nSPS) is 27.2. The Hall–Kier alpha value is -0.170. The Balaban J connectivity index is 2.37. The minimum absolute atomic E-state index is 0.0459. The van der Waals surface area contributed by atoms with Gasteiger partial charge in [-0.3, -0.25) is 0 Å². The molecule has 7 heteroatoms. The molecule has 96 valence electrons. The van der Waals surface area contributed by atoms with Crippen molar-refractivity contribution in [1.82, 2.24) is 9.29 Å². The van der Waals surface area contributed by atoms with Gasteiger partial charge in [0, 0.05) is 12.1 Å². The van der Waals surface area contributed by atoms with Gasteiger partial charge in [-0.05, 0) is 26.7 Å². The quantitative estimate of drug-likeness (QED) is 0.843. The number of rotatable bonds is 2. The van der Waals surface area contributed by atoms with E-state index in [0.29, 0.717) is 0 Å². The molecule has 2 rings (SSSR count). The maximum absolute atomic E-state index is 12.5. The highest BCUT2D eigenvalue weighted by Crippen LogP contribution is 2.32. The Morgan fingerprint density at radius 2 is 2.00 bits per heavy atom. The van der Waals surface area contributed by atoms with Crippen LogP contribution in [-0.4, -0.2) is 29.8 Å².